The molecule has 0 aromatic carbocycles. The second-order valence-electron chi connectivity index (χ2n) is 5.22. The normalized spacial score (nSPS) is 18.4. The Hall–Kier alpha value is -0.170. The highest BCUT2D eigenvalue weighted by atomic mass is 32.2. The third-order valence-electron chi connectivity index (χ3n) is 3.03. The van der Waals surface area contributed by atoms with Crippen molar-refractivity contribution >= 4 is 10.0 Å². The third-order valence-corrected chi connectivity index (χ3v) is 4.44. The van der Waals surface area contributed by atoms with Crippen molar-refractivity contribution in [2.75, 3.05) is 32.0 Å². The summed E-state index contributed by atoms with van der Waals surface area (Å²) in [6.07, 6.45) is 3.01. The predicted molar refractivity (Wildman–Crippen MR) is 73.1 cm³/mol. The molecule has 0 aromatic heterocycles. The molecule has 1 aliphatic heterocycles. The second-order valence-corrected chi connectivity index (χ2v) is 7.14. The summed E-state index contributed by atoms with van der Waals surface area (Å²) in [5.74, 6) is 0.616. The molecule has 0 atom stereocenters. The standard InChI is InChI=1S/C12H26N2O3S/c1-11(2)5-10-18(15,16)14-8-9-17-12-3-6-13-7-4-12/h11-14H,3-10H2,1-2H3. The highest BCUT2D eigenvalue weighted by Gasteiger charge is 2.14. The first-order valence-corrected chi connectivity index (χ1v) is 8.44. The van der Waals surface area contributed by atoms with Crippen molar-refractivity contribution in [3.05, 3.63) is 0 Å². The van der Waals surface area contributed by atoms with E-state index in [2.05, 4.69) is 10.0 Å². The highest BCUT2D eigenvalue weighted by molar-refractivity contribution is 7.89. The van der Waals surface area contributed by atoms with E-state index in [1.165, 1.54) is 0 Å². The van der Waals surface area contributed by atoms with Gasteiger partial charge in [-0.15, -0.1) is 0 Å². The zero-order valence-electron chi connectivity index (χ0n) is 11.4. The molecule has 2 N–H and O–H groups in total. The molecular weight excluding hydrogens is 252 g/mol. The van der Waals surface area contributed by atoms with Crippen molar-refractivity contribution < 1.29 is 13.2 Å². The molecule has 5 nitrogen and oxygen atoms in total. The lowest BCUT2D eigenvalue weighted by Crippen LogP contribution is -2.35. The van der Waals surface area contributed by atoms with E-state index in [9.17, 15) is 8.42 Å². The van der Waals surface area contributed by atoms with E-state index in [4.69, 9.17) is 4.74 Å². The number of nitrogens with one attached hydrogen (secondary N) is 2. The molecule has 0 bridgehead atoms. The fourth-order valence-corrected chi connectivity index (χ4v) is 3.17. The molecule has 1 saturated heterocycles. The van der Waals surface area contributed by atoms with Gasteiger partial charge in [-0.1, -0.05) is 13.8 Å². The first-order chi connectivity index (χ1) is 8.49. The molecule has 1 aliphatic rings. The van der Waals surface area contributed by atoms with E-state index in [1.54, 1.807) is 0 Å². The van der Waals surface area contributed by atoms with Gasteiger partial charge in [0.05, 0.1) is 18.5 Å². The molecule has 0 radical (unpaired) electrons. The highest BCUT2D eigenvalue weighted by Crippen LogP contribution is 2.06. The number of ether oxygens (including phenoxy) is 1. The van der Waals surface area contributed by atoms with Gasteiger partial charge in [-0.25, -0.2) is 13.1 Å². The van der Waals surface area contributed by atoms with E-state index in [1.807, 2.05) is 13.8 Å². The van der Waals surface area contributed by atoms with Crippen LogP contribution < -0.4 is 10.0 Å². The summed E-state index contributed by atoms with van der Waals surface area (Å²) >= 11 is 0. The van der Waals surface area contributed by atoms with Gasteiger partial charge in [0.2, 0.25) is 10.0 Å². The minimum Gasteiger partial charge on any atom is -0.377 e. The van der Waals surface area contributed by atoms with Crippen molar-refractivity contribution in [3.63, 3.8) is 0 Å². The molecular formula is C12H26N2O3S. The molecule has 0 aromatic rings. The van der Waals surface area contributed by atoms with Gasteiger partial charge in [-0.05, 0) is 38.3 Å². The van der Waals surface area contributed by atoms with Crippen molar-refractivity contribution in [2.45, 2.75) is 39.2 Å². The average molecular weight is 278 g/mol. The van der Waals surface area contributed by atoms with Gasteiger partial charge in [-0.3, -0.25) is 0 Å². The summed E-state index contributed by atoms with van der Waals surface area (Å²) < 4.78 is 31.4. The summed E-state index contributed by atoms with van der Waals surface area (Å²) in [5.41, 5.74) is 0. The summed E-state index contributed by atoms with van der Waals surface area (Å²) in [4.78, 5) is 0. The zero-order chi connectivity index (χ0) is 13.4. The minimum absolute atomic E-state index is 0.206. The lowest BCUT2D eigenvalue weighted by molar-refractivity contribution is 0.0367. The van der Waals surface area contributed by atoms with Gasteiger partial charge in [0.15, 0.2) is 0 Å². The van der Waals surface area contributed by atoms with Gasteiger partial charge in [0.25, 0.3) is 0 Å². The molecule has 108 valence electrons. The monoisotopic (exact) mass is 278 g/mol. The number of hydrogen-bond donors (Lipinski definition) is 2. The van der Waals surface area contributed by atoms with Gasteiger partial charge >= 0.3 is 0 Å². The number of piperidine rings is 1. The second kappa shape index (κ2) is 8.09. The summed E-state index contributed by atoms with van der Waals surface area (Å²) in [6, 6.07) is 0. The summed E-state index contributed by atoms with van der Waals surface area (Å²) in [7, 11) is -3.12. The Bertz CT molecular complexity index is 311. The zero-order valence-corrected chi connectivity index (χ0v) is 12.3. The minimum atomic E-state index is -3.12. The molecule has 0 saturated carbocycles. The Morgan fingerprint density at radius 2 is 2.00 bits per heavy atom. The molecule has 0 unspecified atom stereocenters. The first-order valence-electron chi connectivity index (χ1n) is 6.79. The molecule has 0 aliphatic carbocycles. The molecule has 1 heterocycles. The topological polar surface area (TPSA) is 67.4 Å². The van der Waals surface area contributed by atoms with E-state index in [0.717, 1.165) is 25.9 Å². The van der Waals surface area contributed by atoms with Gasteiger partial charge < -0.3 is 10.1 Å². The van der Waals surface area contributed by atoms with Crippen LogP contribution >= 0.6 is 0 Å². The van der Waals surface area contributed by atoms with Crippen LogP contribution in [0.4, 0.5) is 0 Å². The van der Waals surface area contributed by atoms with Crippen LogP contribution in [0.5, 0.6) is 0 Å². The Kier molecular flexibility index (Phi) is 7.14. The Labute approximate surface area is 111 Å². The molecule has 0 spiro atoms. The molecule has 0 amide bonds. The maximum Gasteiger partial charge on any atom is 0.211 e. The predicted octanol–water partition coefficient (Wildman–Crippen LogP) is 0.721. The Morgan fingerprint density at radius 3 is 2.61 bits per heavy atom. The largest absolute Gasteiger partial charge is 0.377 e. The van der Waals surface area contributed by atoms with Gasteiger partial charge in [0, 0.05) is 6.54 Å². The average Bonchev–Trinajstić information content (AvgIpc) is 2.34. The SMILES string of the molecule is CC(C)CCS(=O)(=O)NCCOC1CCNCC1. The lowest BCUT2D eigenvalue weighted by atomic mass is 10.1. The van der Waals surface area contributed by atoms with Gasteiger partial charge in [0.1, 0.15) is 0 Å². The first kappa shape index (κ1) is 15.9. The lowest BCUT2D eigenvalue weighted by Gasteiger charge is -2.22. The van der Waals surface area contributed by atoms with Crippen molar-refractivity contribution in [2.24, 2.45) is 5.92 Å². The van der Waals surface area contributed by atoms with Crippen molar-refractivity contribution in [1.29, 1.82) is 0 Å². The maximum atomic E-state index is 11.6. The van der Waals surface area contributed by atoms with Crippen LogP contribution in [0, 0.1) is 5.92 Å². The number of hydrogen-bond acceptors (Lipinski definition) is 4. The van der Waals surface area contributed by atoms with Crippen molar-refractivity contribution in [3.8, 4) is 0 Å². The van der Waals surface area contributed by atoms with E-state index in [-0.39, 0.29) is 11.9 Å². The molecule has 1 fully saturated rings. The third kappa shape index (κ3) is 7.31. The van der Waals surface area contributed by atoms with E-state index >= 15 is 0 Å². The fraction of sp³-hybridized carbons (Fsp3) is 1.00. The van der Waals surface area contributed by atoms with E-state index < -0.39 is 10.0 Å². The Morgan fingerprint density at radius 1 is 1.33 bits per heavy atom. The fourth-order valence-electron chi connectivity index (χ4n) is 1.85. The maximum absolute atomic E-state index is 11.6. The van der Waals surface area contributed by atoms with Gasteiger partial charge in [-0.2, -0.15) is 0 Å². The Balaban J connectivity index is 2.08. The summed E-state index contributed by atoms with van der Waals surface area (Å²) in [6.45, 7) is 6.87. The van der Waals surface area contributed by atoms with Crippen LogP contribution in [0.25, 0.3) is 0 Å². The van der Waals surface area contributed by atoms with Crippen LogP contribution in [0.3, 0.4) is 0 Å². The van der Waals surface area contributed by atoms with Crippen LogP contribution in [0.2, 0.25) is 0 Å². The van der Waals surface area contributed by atoms with E-state index in [0.29, 0.717) is 25.5 Å². The van der Waals surface area contributed by atoms with Crippen LogP contribution in [-0.2, 0) is 14.8 Å². The molecule has 6 heteroatoms. The van der Waals surface area contributed by atoms with Crippen LogP contribution in [0.1, 0.15) is 33.1 Å². The van der Waals surface area contributed by atoms with Crippen molar-refractivity contribution in [1.82, 2.24) is 10.0 Å². The quantitative estimate of drug-likeness (QED) is 0.642. The smallest absolute Gasteiger partial charge is 0.211 e. The number of sulfonamides is 1. The molecule has 1 rings (SSSR count). The van der Waals surface area contributed by atoms with Crippen LogP contribution in [-0.4, -0.2) is 46.5 Å². The van der Waals surface area contributed by atoms with Crippen LogP contribution in [0.15, 0.2) is 0 Å². The molecule has 18 heavy (non-hydrogen) atoms. The summed E-state index contributed by atoms with van der Waals surface area (Å²) in [5, 5.41) is 3.27. The number of rotatable bonds is 8.